The van der Waals surface area contributed by atoms with E-state index in [1.807, 2.05) is 12.5 Å². The van der Waals surface area contributed by atoms with Crippen LogP contribution in [0.2, 0.25) is 0 Å². The van der Waals surface area contributed by atoms with Crippen LogP contribution in [-0.4, -0.2) is 37.5 Å². The zero-order valence-corrected chi connectivity index (χ0v) is 14.7. The third kappa shape index (κ3) is 3.24. The molecule has 0 saturated carbocycles. The molecule has 5 heteroatoms. The van der Waals surface area contributed by atoms with Crippen LogP contribution in [0.1, 0.15) is 42.2 Å². The van der Waals surface area contributed by atoms with Crippen molar-refractivity contribution in [3.8, 4) is 0 Å². The van der Waals surface area contributed by atoms with E-state index < -0.39 is 0 Å². The second-order valence-electron chi connectivity index (χ2n) is 6.67. The quantitative estimate of drug-likeness (QED) is 0.752. The maximum absolute atomic E-state index is 4.71. The van der Waals surface area contributed by atoms with E-state index in [0.29, 0.717) is 0 Å². The molecule has 0 spiro atoms. The van der Waals surface area contributed by atoms with Crippen molar-refractivity contribution >= 4 is 0 Å². The molecule has 0 bridgehead atoms. The van der Waals surface area contributed by atoms with Crippen LogP contribution in [0.3, 0.4) is 0 Å². The van der Waals surface area contributed by atoms with Crippen LogP contribution < -0.4 is 0 Å². The second-order valence-corrected chi connectivity index (χ2v) is 6.67. The highest BCUT2D eigenvalue weighted by molar-refractivity contribution is 5.27. The van der Waals surface area contributed by atoms with Crippen molar-refractivity contribution in [3.63, 3.8) is 0 Å². The molecule has 3 aromatic rings. The van der Waals surface area contributed by atoms with E-state index in [4.69, 9.17) is 4.98 Å². The summed E-state index contributed by atoms with van der Waals surface area (Å²) in [6, 6.07) is 10.9. The predicted molar refractivity (Wildman–Crippen MR) is 98.4 cm³/mol. The first-order chi connectivity index (χ1) is 12.4. The highest BCUT2D eigenvalue weighted by Crippen LogP contribution is 2.32. The first-order valence-corrected chi connectivity index (χ1v) is 9.18. The Balaban J connectivity index is 1.62. The number of hydrogen-bond donors (Lipinski definition) is 1. The molecule has 1 atom stereocenters. The fourth-order valence-electron chi connectivity index (χ4n) is 3.77. The fourth-order valence-corrected chi connectivity index (χ4v) is 3.77. The molecule has 0 amide bonds. The van der Waals surface area contributed by atoms with Gasteiger partial charge >= 0.3 is 0 Å². The molecule has 1 aliphatic heterocycles. The summed E-state index contributed by atoms with van der Waals surface area (Å²) in [5.41, 5.74) is 3.78. The summed E-state index contributed by atoms with van der Waals surface area (Å²) >= 11 is 0. The Labute approximate surface area is 148 Å². The summed E-state index contributed by atoms with van der Waals surface area (Å²) in [6.07, 6.45) is 9.01. The molecule has 1 aliphatic rings. The molecule has 3 heterocycles. The molecule has 25 heavy (non-hydrogen) atoms. The number of aromatic nitrogens is 4. The van der Waals surface area contributed by atoms with Gasteiger partial charge in [-0.25, -0.2) is 9.97 Å². The van der Waals surface area contributed by atoms with Gasteiger partial charge in [-0.15, -0.1) is 0 Å². The zero-order valence-electron chi connectivity index (χ0n) is 14.7. The van der Waals surface area contributed by atoms with Gasteiger partial charge in [-0.2, -0.15) is 0 Å². The lowest BCUT2D eigenvalue weighted by Crippen LogP contribution is -2.39. The van der Waals surface area contributed by atoms with E-state index in [2.05, 4.69) is 62.9 Å². The van der Waals surface area contributed by atoms with Crippen LogP contribution in [0.5, 0.6) is 0 Å². The maximum Gasteiger partial charge on any atom is 0.132 e. The van der Waals surface area contributed by atoms with Gasteiger partial charge in [-0.3, -0.25) is 4.90 Å². The van der Waals surface area contributed by atoms with E-state index in [9.17, 15) is 0 Å². The van der Waals surface area contributed by atoms with E-state index in [-0.39, 0.29) is 6.04 Å². The Morgan fingerprint density at radius 3 is 2.88 bits per heavy atom. The Morgan fingerprint density at radius 1 is 1.16 bits per heavy atom. The molecule has 1 N–H and O–H groups in total. The Hall–Kier alpha value is -2.40. The van der Waals surface area contributed by atoms with Gasteiger partial charge in [0.25, 0.3) is 0 Å². The zero-order chi connectivity index (χ0) is 17.1. The Kier molecular flexibility index (Phi) is 4.65. The van der Waals surface area contributed by atoms with Crippen molar-refractivity contribution in [3.05, 3.63) is 71.8 Å². The summed E-state index contributed by atoms with van der Waals surface area (Å²) in [5.74, 6) is 1.11. The molecule has 1 aromatic carbocycles. The average Bonchev–Trinajstić information content (AvgIpc) is 3.30. The Bertz CT molecular complexity index is 804. The van der Waals surface area contributed by atoms with E-state index >= 15 is 0 Å². The number of rotatable bonds is 6. The smallest absolute Gasteiger partial charge is 0.132 e. The molecule has 0 aliphatic carbocycles. The lowest BCUT2D eigenvalue weighted by Gasteiger charge is -2.34. The molecule has 5 nitrogen and oxygen atoms in total. The molecule has 2 aromatic heterocycles. The predicted octanol–water partition coefficient (Wildman–Crippen LogP) is 3.21. The molecule has 0 unspecified atom stereocenters. The fraction of sp³-hybridized carbons (Fsp3) is 0.400. The van der Waals surface area contributed by atoms with Gasteiger partial charge in [0, 0.05) is 44.1 Å². The average molecular weight is 335 g/mol. The topological polar surface area (TPSA) is 49.7 Å². The first-order valence-electron chi connectivity index (χ1n) is 9.18. The normalized spacial score (nSPS) is 17.6. The van der Waals surface area contributed by atoms with Crippen LogP contribution in [0.4, 0.5) is 0 Å². The maximum atomic E-state index is 4.71. The minimum absolute atomic E-state index is 0.139. The van der Waals surface area contributed by atoms with Gasteiger partial charge in [0.1, 0.15) is 11.9 Å². The highest BCUT2D eigenvalue weighted by Gasteiger charge is 2.33. The summed E-state index contributed by atoms with van der Waals surface area (Å²) in [4.78, 5) is 15.2. The summed E-state index contributed by atoms with van der Waals surface area (Å²) in [7, 11) is 0. The first kappa shape index (κ1) is 16.1. The van der Waals surface area contributed by atoms with Crippen LogP contribution in [0.25, 0.3) is 0 Å². The lowest BCUT2D eigenvalue weighted by molar-refractivity contribution is 0.200. The van der Waals surface area contributed by atoms with Gasteiger partial charge in [-0.05, 0) is 18.4 Å². The highest BCUT2D eigenvalue weighted by atomic mass is 15.2. The van der Waals surface area contributed by atoms with Gasteiger partial charge in [0.05, 0.1) is 12.0 Å². The van der Waals surface area contributed by atoms with Crippen LogP contribution in [0, 0.1) is 0 Å². The molecule has 4 rings (SSSR count). The molecular formula is C20H25N5. The molecular weight excluding hydrogens is 310 g/mol. The Morgan fingerprint density at radius 2 is 2.04 bits per heavy atom. The second kappa shape index (κ2) is 7.23. The summed E-state index contributed by atoms with van der Waals surface area (Å²) < 4.78 is 2.28. The largest absolute Gasteiger partial charge is 0.348 e. The standard InChI is InChI=1S/C20H25N5/c1-2-11-25-14-10-21-20(25)19-18-17(22-15-23-18)9-13-24(19)12-8-16-6-4-3-5-7-16/h3-7,10,14-15,19H,2,8-9,11-13H2,1H3,(H,22,23)/t19-/m1/s1. The SMILES string of the molecule is CCCn1ccnc1[C@H]1c2nc[nH]c2CCN1CCc1ccccc1. The molecule has 0 fully saturated rings. The number of imidazole rings is 2. The van der Waals surface area contributed by atoms with Crippen molar-refractivity contribution in [1.29, 1.82) is 0 Å². The van der Waals surface area contributed by atoms with E-state index in [0.717, 1.165) is 50.4 Å². The number of nitrogens with one attached hydrogen (secondary N) is 1. The van der Waals surface area contributed by atoms with Crippen molar-refractivity contribution in [1.82, 2.24) is 24.4 Å². The number of H-pyrrole nitrogens is 1. The van der Waals surface area contributed by atoms with E-state index in [1.165, 1.54) is 11.3 Å². The monoisotopic (exact) mass is 335 g/mol. The lowest BCUT2D eigenvalue weighted by atomic mass is 10.0. The number of nitrogens with zero attached hydrogens (tertiary/aromatic N) is 4. The summed E-state index contributed by atoms with van der Waals surface area (Å²) in [5, 5.41) is 0. The minimum Gasteiger partial charge on any atom is -0.348 e. The number of aromatic amines is 1. The van der Waals surface area contributed by atoms with Crippen LogP contribution in [0.15, 0.2) is 49.1 Å². The third-order valence-electron chi connectivity index (χ3n) is 5.01. The van der Waals surface area contributed by atoms with E-state index in [1.54, 1.807) is 0 Å². The molecule has 130 valence electrons. The van der Waals surface area contributed by atoms with Crippen molar-refractivity contribution < 1.29 is 0 Å². The number of fused-ring (bicyclic) bond motifs is 1. The van der Waals surface area contributed by atoms with Crippen LogP contribution >= 0.6 is 0 Å². The number of aryl methyl sites for hydroxylation is 1. The number of benzene rings is 1. The summed E-state index contributed by atoms with van der Waals surface area (Å²) in [6.45, 7) is 5.25. The molecule has 0 saturated heterocycles. The van der Waals surface area contributed by atoms with Gasteiger partial charge < -0.3 is 9.55 Å². The van der Waals surface area contributed by atoms with Crippen molar-refractivity contribution in [2.24, 2.45) is 0 Å². The number of hydrogen-bond acceptors (Lipinski definition) is 3. The van der Waals surface area contributed by atoms with Crippen LogP contribution in [-0.2, 0) is 19.4 Å². The van der Waals surface area contributed by atoms with Crippen molar-refractivity contribution in [2.75, 3.05) is 13.1 Å². The van der Waals surface area contributed by atoms with Gasteiger partial charge in [-0.1, -0.05) is 37.3 Å². The van der Waals surface area contributed by atoms with Gasteiger partial charge in [0.2, 0.25) is 0 Å². The van der Waals surface area contributed by atoms with Gasteiger partial charge in [0.15, 0.2) is 0 Å². The van der Waals surface area contributed by atoms with Crippen molar-refractivity contribution in [2.45, 2.75) is 38.8 Å². The third-order valence-corrected chi connectivity index (χ3v) is 5.01. The molecule has 0 radical (unpaired) electrons. The minimum atomic E-state index is 0.139.